The van der Waals surface area contributed by atoms with Crippen molar-refractivity contribution >= 4 is 17.3 Å². The lowest BCUT2D eigenvalue weighted by molar-refractivity contribution is 0.643. The maximum absolute atomic E-state index is 5.98. The van der Waals surface area contributed by atoms with E-state index in [9.17, 15) is 0 Å². The van der Waals surface area contributed by atoms with Crippen LogP contribution in [0.25, 0.3) is 0 Å². The van der Waals surface area contributed by atoms with Crippen molar-refractivity contribution in [2.75, 3.05) is 19.0 Å². The summed E-state index contributed by atoms with van der Waals surface area (Å²) in [6, 6.07) is 17.2. The van der Waals surface area contributed by atoms with Crippen LogP contribution in [0.1, 0.15) is 37.1 Å². The van der Waals surface area contributed by atoms with Gasteiger partial charge < -0.3 is 10.2 Å². The van der Waals surface area contributed by atoms with Crippen LogP contribution in [0.15, 0.2) is 48.5 Å². The van der Waals surface area contributed by atoms with Gasteiger partial charge in [-0.3, -0.25) is 0 Å². The van der Waals surface area contributed by atoms with Crippen LogP contribution in [0.2, 0.25) is 5.02 Å². The molecule has 0 heterocycles. The van der Waals surface area contributed by atoms with E-state index in [1.807, 2.05) is 19.2 Å². The molecule has 0 bridgehead atoms. The first-order valence-electron chi connectivity index (χ1n) is 7.29. The summed E-state index contributed by atoms with van der Waals surface area (Å²) in [6.45, 7) is 4.39. The third kappa shape index (κ3) is 3.58. The summed E-state index contributed by atoms with van der Waals surface area (Å²) in [7, 11) is 4.13. The fourth-order valence-corrected chi connectivity index (χ4v) is 2.63. The molecule has 2 atom stereocenters. The normalized spacial score (nSPS) is 13.8. The highest BCUT2D eigenvalue weighted by molar-refractivity contribution is 6.30. The van der Waals surface area contributed by atoms with Crippen molar-refractivity contribution in [3.63, 3.8) is 0 Å². The minimum atomic E-state index is 0.285. The molecule has 0 amide bonds. The predicted molar refractivity (Wildman–Crippen MR) is 92.2 cm³/mol. The van der Waals surface area contributed by atoms with Crippen molar-refractivity contribution < 1.29 is 0 Å². The van der Waals surface area contributed by atoms with E-state index in [4.69, 9.17) is 11.6 Å². The van der Waals surface area contributed by atoms with Crippen molar-refractivity contribution in [3.8, 4) is 0 Å². The molecule has 2 rings (SSSR count). The molecule has 1 N–H and O–H groups in total. The monoisotopic (exact) mass is 302 g/mol. The molecule has 0 saturated carbocycles. The Morgan fingerprint density at radius 1 is 1.00 bits per heavy atom. The van der Waals surface area contributed by atoms with Crippen LogP contribution in [0.5, 0.6) is 0 Å². The van der Waals surface area contributed by atoms with Gasteiger partial charge in [0.15, 0.2) is 0 Å². The maximum atomic E-state index is 5.98. The van der Waals surface area contributed by atoms with E-state index in [2.05, 4.69) is 67.5 Å². The van der Waals surface area contributed by atoms with E-state index in [-0.39, 0.29) is 6.04 Å². The summed E-state index contributed by atoms with van der Waals surface area (Å²) in [4.78, 5) is 2.31. The average molecular weight is 303 g/mol. The smallest absolute Gasteiger partial charge is 0.0511 e. The molecule has 112 valence electrons. The van der Waals surface area contributed by atoms with E-state index in [1.54, 1.807) is 0 Å². The number of nitrogens with one attached hydrogen (secondary N) is 1. The van der Waals surface area contributed by atoms with Crippen LogP contribution in [0.4, 0.5) is 5.69 Å². The van der Waals surface area contributed by atoms with Gasteiger partial charge in [-0.2, -0.15) is 0 Å². The Hall–Kier alpha value is -1.51. The molecule has 0 aromatic heterocycles. The Bertz CT molecular complexity index is 580. The third-order valence-corrected chi connectivity index (χ3v) is 4.40. The highest BCUT2D eigenvalue weighted by Gasteiger charge is 2.17. The largest absolute Gasteiger partial charge is 0.368 e. The van der Waals surface area contributed by atoms with Crippen LogP contribution in [-0.2, 0) is 0 Å². The van der Waals surface area contributed by atoms with Gasteiger partial charge in [0.1, 0.15) is 0 Å². The van der Waals surface area contributed by atoms with Gasteiger partial charge >= 0.3 is 0 Å². The van der Waals surface area contributed by atoms with Gasteiger partial charge in [-0.25, -0.2) is 0 Å². The zero-order valence-electron chi connectivity index (χ0n) is 13.1. The van der Waals surface area contributed by atoms with Crippen molar-refractivity contribution in [1.29, 1.82) is 0 Å². The molecule has 2 aromatic carbocycles. The van der Waals surface area contributed by atoms with Crippen LogP contribution in [-0.4, -0.2) is 14.1 Å². The lowest BCUT2D eigenvalue weighted by Gasteiger charge is -2.31. The molecule has 21 heavy (non-hydrogen) atoms. The molecule has 0 aliphatic heterocycles. The molecule has 0 aliphatic rings. The highest BCUT2D eigenvalue weighted by Crippen LogP contribution is 2.31. The van der Waals surface area contributed by atoms with Gasteiger partial charge in [0.05, 0.1) is 6.04 Å². The van der Waals surface area contributed by atoms with Crippen LogP contribution in [0.3, 0.4) is 0 Å². The van der Waals surface area contributed by atoms with E-state index in [1.165, 1.54) is 16.8 Å². The van der Waals surface area contributed by atoms with Crippen LogP contribution >= 0.6 is 11.6 Å². The molecular weight excluding hydrogens is 280 g/mol. The number of hydrogen-bond acceptors (Lipinski definition) is 2. The number of nitrogens with zero attached hydrogens (tertiary/aromatic N) is 1. The van der Waals surface area contributed by atoms with E-state index in [0.29, 0.717) is 6.04 Å². The molecule has 2 aromatic rings. The van der Waals surface area contributed by atoms with Crippen LogP contribution < -0.4 is 10.2 Å². The van der Waals surface area contributed by atoms with E-state index in [0.717, 1.165) is 5.02 Å². The predicted octanol–water partition coefficient (Wildman–Crippen LogP) is 4.82. The molecule has 2 unspecified atom stereocenters. The van der Waals surface area contributed by atoms with Crippen molar-refractivity contribution in [3.05, 3.63) is 64.7 Å². The summed E-state index contributed by atoms with van der Waals surface area (Å²) in [5.74, 6) is 0. The summed E-state index contributed by atoms with van der Waals surface area (Å²) in [5, 5.41) is 4.09. The van der Waals surface area contributed by atoms with Crippen molar-refractivity contribution in [2.45, 2.75) is 25.9 Å². The first kappa shape index (κ1) is 15.9. The first-order valence-corrected chi connectivity index (χ1v) is 7.67. The van der Waals surface area contributed by atoms with Gasteiger partial charge in [-0.05, 0) is 50.2 Å². The lowest BCUT2D eigenvalue weighted by Crippen LogP contribution is -2.24. The Morgan fingerprint density at radius 3 is 2.24 bits per heavy atom. The zero-order chi connectivity index (χ0) is 15.4. The Morgan fingerprint density at radius 2 is 1.62 bits per heavy atom. The second-order valence-electron chi connectivity index (χ2n) is 5.41. The van der Waals surface area contributed by atoms with E-state index < -0.39 is 0 Å². The SMILES string of the molecule is CNC(C)c1ccccc1N(C)C(C)c1ccc(Cl)cc1. The number of benzene rings is 2. The maximum Gasteiger partial charge on any atom is 0.0511 e. The molecule has 0 aliphatic carbocycles. The first-order chi connectivity index (χ1) is 10.0. The Balaban J connectivity index is 2.31. The van der Waals surface area contributed by atoms with Gasteiger partial charge in [0, 0.05) is 23.8 Å². The summed E-state index contributed by atoms with van der Waals surface area (Å²) < 4.78 is 0. The van der Waals surface area contributed by atoms with Gasteiger partial charge in [0.2, 0.25) is 0 Å². The van der Waals surface area contributed by atoms with Crippen LogP contribution in [0, 0.1) is 0 Å². The van der Waals surface area contributed by atoms with E-state index >= 15 is 0 Å². The van der Waals surface area contributed by atoms with Gasteiger partial charge in [-0.1, -0.05) is 41.9 Å². The van der Waals surface area contributed by atoms with Gasteiger partial charge in [-0.15, -0.1) is 0 Å². The quantitative estimate of drug-likeness (QED) is 0.852. The molecule has 2 nitrogen and oxygen atoms in total. The minimum Gasteiger partial charge on any atom is -0.368 e. The number of rotatable bonds is 5. The second-order valence-corrected chi connectivity index (χ2v) is 5.84. The zero-order valence-corrected chi connectivity index (χ0v) is 13.9. The molecule has 3 heteroatoms. The Kier molecular flexibility index (Phi) is 5.27. The highest BCUT2D eigenvalue weighted by atomic mass is 35.5. The lowest BCUT2D eigenvalue weighted by atomic mass is 10.0. The van der Waals surface area contributed by atoms with Crippen molar-refractivity contribution in [2.24, 2.45) is 0 Å². The number of anilines is 1. The number of hydrogen-bond donors (Lipinski definition) is 1. The van der Waals surface area contributed by atoms with Gasteiger partial charge in [0.25, 0.3) is 0 Å². The standard InChI is InChI=1S/C18H23ClN2/c1-13(20-3)17-7-5-6-8-18(17)21(4)14(2)15-9-11-16(19)12-10-15/h5-14,20H,1-4H3. The third-order valence-electron chi connectivity index (χ3n) is 4.15. The molecular formula is C18H23ClN2. The molecule has 0 fully saturated rings. The fraction of sp³-hybridized carbons (Fsp3) is 0.333. The molecule has 0 saturated heterocycles. The number of halogens is 1. The minimum absolute atomic E-state index is 0.285. The topological polar surface area (TPSA) is 15.3 Å². The molecule has 0 radical (unpaired) electrons. The number of para-hydroxylation sites is 1. The van der Waals surface area contributed by atoms with Crippen molar-refractivity contribution in [1.82, 2.24) is 5.32 Å². The Labute approximate surface area is 132 Å². The molecule has 0 spiro atoms. The summed E-state index contributed by atoms with van der Waals surface area (Å²) in [6.07, 6.45) is 0. The average Bonchev–Trinajstić information content (AvgIpc) is 2.53. The summed E-state index contributed by atoms with van der Waals surface area (Å²) >= 11 is 5.98. The summed E-state index contributed by atoms with van der Waals surface area (Å²) in [5.41, 5.74) is 3.82. The second kappa shape index (κ2) is 6.97. The fourth-order valence-electron chi connectivity index (χ4n) is 2.50.